The van der Waals surface area contributed by atoms with Crippen molar-refractivity contribution in [1.82, 2.24) is 0 Å². The van der Waals surface area contributed by atoms with Crippen LogP contribution in [0.3, 0.4) is 0 Å². The third-order valence-electron chi connectivity index (χ3n) is 3.56. The van der Waals surface area contributed by atoms with Gasteiger partial charge < -0.3 is 15.4 Å². The maximum absolute atomic E-state index is 13.6. The molecule has 0 amide bonds. The molecule has 4 N–H and O–H groups in total. The average molecular weight is 336 g/mol. The smallest absolute Gasteiger partial charge is 0.151 e. The Kier molecular flexibility index (Phi) is 5.85. The molecule has 0 radical (unpaired) electrons. The molecule has 0 bridgehead atoms. The minimum atomic E-state index is -2.57. The molecule has 1 aromatic rings. The summed E-state index contributed by atoms with van der Waals surface area (Å²) < 4.78 is 51.0. The Morgan fingerprint density at radius 1 is 1.05 bits per heavy atom. The Morgan fingerprint density at radius 3 is 1.95 bits per heavy atom. The van der Waals surface area contributed by atoms with Gasteiger partial charge in [-0.05, 0) is 25.0 Å². The SMILES string of the molecule is C1CCOC1.Nc1cc(F)c(N2CCS(O)(O)CC2)c(F)c1. The number of ether oxygens (including phenoxy) is 1. The largest absolute Gasteiger partial charge is 0.399 e. The number of nitrogens with two attached hydrogens (primary N) is 1. The zero-order valence-electron chi connectivity index (χ0n) is 12.3. The average Bonchev–Trinajstić information content (AvgIpc) is 2.98. The van der Waals surface area contributed by atoms with Crippen LogP contribution in [0.25, 0.3) is 0 Å². The Balaban J connectivity index is 0.000000299. The summed E-state index contributed by atoms with van der Waals surface area (Å²) in [5.41, 5.74) is 5.21. The highest BCUT2D eigenvalue weighted by Crippen LogP contribution is 2.42. The van der Waals surface area contributed by atoms with E-state index < -0.39 is 22.2 Å². The fourth-order valence-electron chi connectivity index (χ4n) is 2.35. The van der Waals surface area contributed by atoms with Gasteiger partial charge in [0.15, 0.2) is 11.6 Å². The van der Waals surface area contributed by atoms with E-state index in [1.165, 1.54) is 17.7 Å². The molecule has 8 heteroatoms. The summed E-state index contributed by atoms with van der Waals surface area (Å²) in [5, 5.41) is 0. The Labute approximate surface area is 130 Å². The van der Waals surface area contributed by atoms with Crippen molar-refractivity contribution in [1.29, 1.82) is 0 Å². The summed E-state index contributed by atoms with van der Waals surface area (Å²) in [7, 11) is -2.57. The second kappa shape index (κ2) is 7.45. The lowest BCUT2D eigenvalue weighted by Gasteiger charge is -2.41. The van der Waals surface area contributed by atoms with Crippen LogP contribution in [0, 0.1) is 11.6 Å². The molecule has 2 saturated heterocycles. The van der Waals surface area contributed by atoms with Gasteiger partial charge in [-0.1, -0.05) is 0 Å². The number of benzene rings is 1. The summed E-state index contributed by atoms with van der Waals surface area (Å²) in [6.07, 6.45) is 2.56. The van der Waals surface area contributed by atoms with Gasteiger partial charge in [-0.25, -0.2) is 8.78 Å². The molecular weight excluding hydrogens is 314 g/mol. The predicted molar refractivity (Wildman–Crippen MR) is 85.6 cm³/mol. The monoisotopic (exact) mass is 336 g/mol. The lowest BCUT2D eigenvalue weighted by molar-refractivity contribution is 0.198. The van der Waals surface area contributed by atoms with Crippen molar-refractivity contribution in [2.45, 2.75) is 12.8 Å². The number of rotatable bonds is 1. The summed E-state index contributed by atoms with van der Waals surface area (Å²) >= 11 is 0. The van der Waals surface area contributed by atoms with Crippen molar-refractivity contribution < 1.29 is 22.6 Å². The van der Waals surface area contributed by atoms with Crippen LogP contribution in [-0.4, -0.2) is 46.9 Å². The predicted octanol–water partition coefficient (Wildman–Crippen LogP) is 2.91. The lowest BCUT2D eigenvalue weighted by atomic mass is 10.2. The summed E-state index contributed by atoms with van der Waals surface area (Å²) in [6, 6.07) is 2.12. The van der Waals surface area contributed by atoms with E-state index in [2.05, 4.69) is 0 Å². The van der Waals surface area contributed by atoms with Crippen LogP contribution in [-0.2, 0) is 4.74 Å². The van der Waals surface area contributed by atoms with Crippen LogP contribution in [0.1, 0.15) is 12.8 Å². The molecule has 0 spiro atoms. The standard InChI is InChI=1S/C10H14F2N2O2S.C4H8O/c11-8-5-7(13)6-9(12)10(8)14-1-3-17(15,16)4-2-14;1-2-4-5-3-1/h5-6,15-16H,1-4,13H2;1-4H2. The lowest BCUT2D eigenvalue weighted by Crippen LogP contribution is -2.39. The van der Waals surface area contributed by atoms with Gasteiger partial charge in [0.2, 0.25) is 0 Å². The van der Waals surface area contributed by atoms with E-state index in [9.17, 15) is 17.9 Å². The van der Waals surface area contributed by atoms with Crippen molar-refractivity contribution in [3.05, 3.63) is 23.8 Å². The fourth-order valence-corrected chi connectivity index (χ4v) is 3.58. The minimum absolute atomic E-state index is 0.0325. The van der Waals surface area contributed by atoms with Crippen molar-refractivity contribution in [2.75, 3.05) is 48.4 Å². The molecule has 2 heterocycles. The molecule has 3 rings (SSSR count). The van der Waals surface area contributed by atoms with Gasteiger partial charge in [0.05, 0.1) is 11.5 Å². The highest BCUT2D eigenvalue weighted by atomic mass is 32.3. The van der Waals surface area contributed by atoms with Crippen molar-refractivity contribution in [2.24, 2.45) is 0 Å². The normalized spacial score (nSPS) is 21.9. The van der Waals surface area contributed by atoms with E-state index in [0.29, 0.717) is 0 Å². The maximum atomic E-state index is 13.6. The first-order valence-corrected chi connectivity index (χ1v) is 9.08. The van der Waals surface area contributed by atoms with Crippen molar-refractivity contribution >= 4 is 22.0 Å². The summed E-state index contributed by atoms with van der Waals surface area (Å²) in [6.45, 7) is 2.44. The molecule has 2 aliphatic heterocycles. The third-order valence-corrected chi connectivity index (χ3v) is 5.23. The van der Waals surface area contributed by atoms with Crippen molar-refractivity contribution in [3.63, 3.8) is 0 Å². The van der Waals surface area contributed by atoms with E-state index in [0.717, 1.165) is 25.3 Å². The van der Waals surface area contributed by atoms with Crippen LogP contribution in [0.4, 0.5) is 20.2 Å². The Bertz CT molecular complexity index is 472. The van der Waals surface area contributed by atoms with Crippen LogP contribution in [0.15, 0.2) is 12.1 Å². The van der Waals surface area contributed by atoms with E-state index in [1.54, 1.807) is 0 Å². The molecule has 0 saturated carbocycles. The molecule has 0 aromatic heterocycles. The third kappa shape index (κ3) is 4.70. The van der Waals surface area contributed by atoms with E-state index in [1.807, 2.05) is 0 Å². The second-order valence-electron chi connectivity index (χ2n) is 5.35. The first-order valence-electron chi connectivity index (χ1n) is 7.20. The first kappa shape index (κ1) is 17.3. The molecule has 2 fully saturated rings. The number of anilines is 2. The zero-order chi connectivity index (χ0) is 16.2. The molecule has 126 valence electrons. The summed E-state index contributed by atoms with van der Waals surface area (Å²) in [4.78, 5) is 1.47. The molecule has 1 aromatic carbocycles. The quantitative estimate of drug-likeness (QED) is 0.687. The van der Waals surface area contributed by atoms with E-state index in [4.69, 9.17) is 10.5 Å². The molecule has 5 nitrogen and oxygen atoms in total. The van der Waals surface area contributed by atoms with Gasteiger partial charge in [0, 0.05) is 32.0 Å². The van der Waals surface area contributed by atoms with Gasteiger partial charge in [0.25, 0.3) is 0 Å². The topological polar surface area (TPSA) is 79.0 Å². The van der Waals surface area contributed by atoms with Gasteiger partial charge in [-0.3, -0.25) is 9.11 Å². The highest BCUT2D eigenvalue weighted by molar-refractivity contribution is 8.24. The van der Waals surface area contributed by atoms with Crippen LogP contribution >= 0.6 is 10.6 Å². The van der Waals surface area contributed by atoms with Crippen LogP contribution in [0.2, 0.25) is 0 Å². The Hall–Kier alpha value is -1.09. The number of nitrogens with zero attached hydrogens (tertiary/aromatic N) is 1. The van der Waals surface area contributed by atoms with Gasteiger partial charge in [-0.2, -0.15) is 10.6 Å². The highest BCUT2D eigenvalue weighted by Gasteiger charge is 2.26. The van der Waals surface area contributed by atoms with Crippen molar-refractivity contribution in [3.8, 4) is 0 Å². The zero-order valence-corrected chi connectivity index (χ0v) is 13.1. The number of hydrogen-bond donors (Lipinski definition) is 3. The molecular formula is C14H22F2N2O3S. The summed E-state index contributed by atoms with van der Waals surface area (Å²) in [5.74, 6) is -1.17. The maximum Gasteiger partial charge on any atom is 0.151 e. The minimum Gasteiger partial charge on any atom is -0.399 e. The Morgan fingerprint density at radius 2 is 1.55 bits per heavy atom. The molecule has 22 heavy (non-hydrogen) atoms. The molecule has 0 atom stereocenters. The van der Waals surface area contributed by atoms with E-state index in [-0.39, 0.29) is 36.0 Å². The number of nitrogen functional groups attached to an aromatic ring is 1. The fraction of sp³-hybridized carbons (Fsp3) is 0.571. The molecule has 0 aliphatic carbocycles. The number of hydrogen-bond acceptors (Lipinski definition) is 5. The first-order chi connectivity index (χ1) is 10.4. The van der Waals surface area contributed by atoms with Gasteiger partial charge in [0.1, 0.15) is 5.69 Å². The molecule has 0 unspecified atom stereocenters. The van der Waals surface area contributed by atoms with Gasteiger partial charge in [-0.15, -0.1) is 0 Å². The second-order valence-corrected chi connectivity index (χ2v) is 7.77. The van der Waals surface area contributed by atoms with Crippen LogP contribution < -0.4 is 10.6 Å². The van der Waals surface area contributed by atoms with E-state index >= 15 is 0 Å². The van der Waals surface area contributed by atoms with Crippen LogP contribution in [0.5, 0.6) is 0 Å². The molecule has 2 aliphatic rings. The number of halogens is 2. The van der Waals surface area contributed by atoms with Gasteiger partial charge >= 0.3 is 0 Å².